The van der Waals surface area contributed by atoms with Crippen molar-refractivity contribution in [2.24, 2.45) is 7.05 Å². The van der Waals surface area contributed by atoms with Gasteiger partial charge in [-0.1, -0.05) is 18.5 Å². The Balaban J connectivity index is 0. The largest absolute Gasteiger partial charge is 1.00 e. The standard InChI is InChI=1S/C15H18ClN3O2.CH2O3.2K/c1-5-21-15(20)13-7-12(18-19(13)4)10(3)11-8-17-14(16)6-9(11)2;2-1(3)4;;/h6-8,10H,5H2,1-4H3;(H2,2,3,4);;/q;;2*+1/p-2. The van der Waals surface area contributed by atoms with Gasteiger partial charge in [-0.15, -0.1) is 0 Å². The van der Waals surface area contributed by atoms with Gasteiger partial charge >= 0.3 is 109 Å². The summed E-state index contributed by atoms with van der Waals surface area (Å²) in [6.07, 6.45) is -0.582. The summed E-state index contributed by atoms with van der Waals surface area (Å²) in [6.45, 7) is 6.12. The van der Waals surface area contributed by atoms with Crippen LogP contribution in [0.5, 0.6) is 0 Å². The molecule has 27 heavy (non-hydrogen) atoms. The molecule has 0 saturated carbocycles. The Labute approximate surface area is 247 Å². The first-order valence-corrected chi connectivity index (χ1v) is 7.76. The first kappa shape index (κ1) is 29.9. The van der Waals surface area contributed by atoms with Gasteiger partial charge in [0.05, 0.1) is 12.3 Å². The molecular formula is C16H18ClK2N3O5. The molecule has 0 aromatic carbocycles. The van der Waals surface area contributed by atoms with Gasteiger partial charge in [0.1, 0.15) is 10.8 Å². The molecule has 0 aliphatic rings. The Hall–Kier alpha value is 0.663. The van der Waals surface area contributed by atoms with Crippen LogP contribution in [0.1, 0.15) is 47.1 Å². The van der Waals surface area contributed by atoms with Gasteiger partial charge in [-0.2, -0.15) is 5.10 Å². The molecule has 0 fully saturated rings. The number of esters is 1. The Bertz CT molecular complexity index is 767. The van der Waals surface area contributed by atoms with E-state index in [1.807, 2.05) is 19.9 Å². The monoisotopic (exact) mass is 445 g/mol. The van der Waals surface area contributed by atoms with Gasteiger partial charge in [0.25, 0.3) is 0 Å². The van der Waals surface area contributed by atoms with E-state index in [4.69, 9.17) is 31.3 Å². The van der Waals surface area contributed by atoms with Crippen LogP contribution in [-0.4, -0.2) is 33.5 Å². The Kier molecular flexibility index (Phi) is 16.2. The third-order valence-electron chi connectivity index (χ3n) is 3.41. The van der Waals surface area contributed by atoms with E-state index in [1.54, 1.807) is 30.9 Å². The van der Waals surface area contributed by atoms with Crippen molar-refractivity contribution in [2.75, 3.05) is 6.61 Å². The van der Waals surface area contributed by atoms with Gasteiger partial charge in [0.2, 0.25) is 0 Å². The SMILES string of the molecule is CCOC(=O)c1cc(C(C)c2cnc(Cl)cc2C)nn1C.O=C([O-])[O-].[K+].[K+]. The smallest absolute Gasteiger partial charge is 0.652 e. The van der Waals surface area contributed by atoms with Crippen LogP contribution in [0.15, 0.2) is 18.3 Å². The van der Waals surface area contributed by atoms with E-state index in [-0.39, 0.29) is 115 Å². The molecule has 1 atom stereocenters. The van der Waals surface area contributed by atoms with Crippen LogP contribution in [0, 0.1) is 6.92 Å². The van der Waals surface area contributed by atoms with Crippen LogP contribution in [0.25, 0.3) is 0 Å². The van der Waals surface area contributed by atoms with E-state index in [0.717, 1.165) is 16.8 Å². The Morgan fingerprint density at radius 1 is 1.30 bits per heavy atom. The van der Waals surface area contributed by atoms with Crippen LogP contribution in [0.3, 0.4) is 0 Å². The van der Waals surface area contributed by atoms with Crippen molar-refractivity contribution in [2.45, 2.75) is 26.7 Å². The molecule has 11 heteroatoms. The number of ether oxygens (including phenoxy) is 1. The van der Waals surface area contributed by atoms with Crippen LogP contribution < -0.4 is 113 Å². The van der Waals surface area contributed by atoms with Crippen molar-refractivity contribution in [3.8, 4) is 0 Å². The second-order valence-corrected chi connectivity index (χ2v) is 5.52. The number of aryl methyl sites for hydroxylation is 2. The minimum Gasteiger partial charge on any atom is -0.652 e. The van der Waals surface area contributed by atoms with E-state index in [2.05, 4.69) is 10.1 Å². The summed E-state index contributed by atoms with van der Waals surface area (Å²) in [5, 5.41) is 21.5. The summed E-state index contributed by atoms with van der Waals surface area (Å²) >= 11 is 5.88. The first-order valence-electron chi connectivity index (χ1n) is 7.38. The van der Waals surface area contributed by atoms with Crippen molar-refractivity contribution in [3.63, 3.8) is 0 Å². The number of carbonyl (C=O) groups is 2. The first-order chi connectivity index (χ1) is 11.7. The number of hydrogen-bond donors (Lipinski definition) is 0. The third kappa shape index (κ3) is 9.81. The summed E-state index contributed by atoms with van der Waals surface area (Å²) in [6, 6.07) is 3.58. The second-order valence-electron chi connectivity index (χ2n) is 5.13. The number of nitrogens with zero attached hydrogens (tertiary/aromatic N) is 3. The molecule has 1 unspecified atom stereocenters. The molecule has 8 nitrogen and oxygen atoms in total. The van der Waals surface area contributed by atoms with E-state index >= 15 is 0 Å². The number of hydrogen-bond acceptors (Lipinski definition) is 7. The molecule has 136 valence electrons. The summed E-state index contributed by atoms with van der Waals surface area (Å²) in [5.74, 6) is -0.346. The molecule has 2 heterocycles. The summed E-state index contributed by atoms with van der Waals surface area (Å²) in [5.41, 5.74) is 3.32. The van der Waals surface area contributed by atoms with Gasteiger partial charge in [0, 0.05) is 19.2 Å². The van der Waals surface area contributed by atoms with Crippen LogP contribution in [0.2, 0.25) is 5.15 Å². The fraction of sp³-hybridized carbons (Fsp3) is 0.375. The fourth-order valence-corrected chi connectivity index (χ4v) is 2.45. The van der Waals surface area contributed by atoms with Crippen LogP contribution in [0.4, 0.5) is 4.79 Å². The summed E-state index contributed by atoms with van der Waals surface area (Å²) < 4.78 is 6.56. The van der Waals surface area contributed by atoms with Gasteiger partial charge < -0.3 is 19.7 Å². The van der Waals surface area contributed by atoms with Crippen molar-refractivity contribution in [3.05, 3.63) is 46.0 Å². The van der Waals surface area contributed by atoms with E-state index in [1.165, 1.54) is 0 Å². The molecule has 0 saturated heterocycles. The second kappa shape index (κ2) is 14.6. The van der Waals surface area contributed by atoms with Crippen molar-refractivity contribution < 1.29 is 127 Å². The topological polar surface area (TPSA) is 120 Å². The molecule has 0 aliphatic heterocycles. The van der Waals surface area contributed by atoms with Crippen molar-refractivity contribution in [1.29, 1.82) is 0 Å². The molecule has 0 bridgehead atoms. The van der Waals surface area contributed by atoms with Crippen molar-refractivity contribution in [1.82, 2.24) is 14.8 Å². The fourth-order valence-electron chi connectivity index (χ4n) is 2.24. The zero-order valence-corrected chi connectivity index (χ0v) is 23.3. The molecule has 0 aliphatic carbocycles. The van der Waals surface area contributed by atoms with E-state index in [9.17, 15) is 4.79 Å². The van der Waals surface area contributed by atoms with Crippen molar-refractivity contribution >= 4 is 23.7 Å². The number of rotatable bonds is 4. The molecule has 2 rings (SSSR count). The Morgan fingerprint density at radius 2 is 1.85 bits per heavy atom. The van der Waals surface area contributed by atoms with Gasteiger partial charge in [-0.05, 0) is 43.3 Å². The van der Waals surface area contributed by atoms with Crippen LogP contribution in [-0.2, 0) is 11.8 Å². The van der Waals surface area contributed by atoms with E-state index < -0.39 is 6.16 Å². The van der Waals surface area contributed by atoms with Gasteiger partial charge in [0.15, 0.2) is 0 Å². The molecule has 2 aromatic heterocycles. The minimum absolute atomic E-state index is 0. The third-order valence-corrected chi connectivity index (χ3v) is 3.62. The number of aromatic nitrogens is 3. The van der Waals surface area contributed by atoms with Gasteiger partial charge in [-0.25, -0.2) is 9.78 Å². The zero-order valence-electron chi connectivity index (χ0n) is 16.3. The van der Waals surface area contributed by atoms with E-state index in [0.29, 0.717) is 17.5 Å². The molecule has 0 amide bonds. The summed E-state index contributed by atoms with van der Waals surface area (Å²) in [7, 11) is 1.73. The quantitative estimate of drug-likeness (QED) is 0.262. The van der Waals surface area contributed by atoms with Gasteiger partial charge in [-0.3, -0.25) is 4.68 Å². The normalized spacial score (nSPS) is 10.4. The molecule has 0 spiro atoms. The average Bonchev–Trinajstić information content (AvgIpc) is 2.88. The average molecular weight is 446 g/mol. The van der Waals surface area contributed by atoms with Crippen LogP contribution >= 0.6 is 11.6 Å². The minimum atomic E-state index is -2.33. The Morgan fingerprint density at radius 3 is 2.33 bits per heavy atom. The molecular weight excluding hydrogens is 428 g/mol. The maximum atomic E-state index is 11.8. The number of carbonyl (C=O) groups excluding carboxylic acids is 2. The number of carboxylic acid groups (broad SMARTS) is 2. The maximum absolute atomic E-state index is 11.8. The molecule has 0 radical (unpaired) electrons. The maximum Gasteiger partial charge on any atom is 1.00 e. The zero-order chi connectivity index (χ0) is 19.1. The predicted octanol–water partition coefficient (Wildman–Crippen LogP) is -5.33. The summed E-state index contributed by atoms with van der Waals surface area (Å²) in [4.78, 5) is 24.3. The number of pyridine rings is 1. The molecule has 0 N–H and O–H groups in total. The molecule has 2 aromatic rings. The predicted molar refractivity (Wildman–Crippen MR) is 86.1 cm³/mol. The number of halogens is 1.